The molecule has 0 radical (unpaired) electrons. The van der Waals surface area contributed by atoms with E-state index in [2.05, 4.69) is 38.8 Å². The summed E-state index contributed by atoms with van der Waals surface area (Å²) in [7, 11) is 0. The van der Waals surface area contributed by atoms with Crippen LogP contribution in [0, 0.1) is 0 Å². The van der Waals surface area contributed by atoms with Gasteiger partial charge in [0, 0.05) is 16.6 Å². The van der Waals surface area contributed by atoms with Crippen LogP contribution < -0.4 is 16.0 Å². The lowest BCUT2D eigenvalue weighted by Crippen LogP contribution is -2.56. The molecule has 0 bridgehead atoms. The van der Waals surface area contributed by atoms with Gasteiger partial charge in [-0.3, -0.25) is 4.79 Å². The van der Waals surface area contributed by atoms with E-state index < -0.39 is 9.96 Å². The van der Waals surface area contributed by atoms with E-state index in [4.69, 9.17) is 47.0 Å². The SMILES string of the molecule is CCCCCCCCC(=O)N[C@@H](NC(=S)Nc1ccc(Br)cc1)C(Cl)(Cl)Cl. The molecule has 27 heavy (non-hydrogen) atoms. The molecule has 0 heterocycles. The molecule has 1 atom stereocenters. The van der Waals surface area contributed by atoms with Gasteiger partial charge in [-0.2, -0.15) is 0 Å². The number of anilines is 1. The van der Waals surface area contributed by atoms with E-state index in [1.54, 1.807) is 0 Å². The van der Waals surface area contributed by atoms with Crippen molar-refractivity contribution in [3.05, 3.63) is 28.7 Å². The first-order valence-electron chi connectivity index (χ1n) is 8.91. The lowest BCUT2D eigenvalue weighted by atomic mass is 10.1. The fraction of sp³-hybridized carbons (Fsp3) is 0.556. The fourth-order valence-corrected chi connectivity index (χ4v) is 3.16. The lowest BCUT2D eigenvalue weighted by Gasteiger charge is -2.27. The molecule has 1 aromatic carbocycles. The average molecular weight is 518 g/mol. The van der Waals surface area contributed by atoms with Crippen molar-refractivity contribution in [2.24, 2.45) is 0 Å². The Morgan fingerprint density at radius 1 is 1.07 bits per heavy atom. The molecule has 1 amide bonds. The zero-order valence-electron chi connectivity index (χ0n) is 15.2. The third kappa shape index (κ3) is 11.3. The summed E-state index contributed by atoms with van der Waals surface area (Å²) in [6, 6.07) is 7.44. The largest absolute Gasteiger partial charge is 0.339 e. The Kier molecular flexibility index (Phi) is 12.0. The molecule has 152 valence electrons. The van der Waals surface area contributed by atoms with Crippen LogP contribution in [0.3, 0.4) is 0 Å². The molecule has 4 nitrogen and oxygen atoms in total. The second-order valence-corrected chi connectivity index (χ2v) is 9.86. The molecule has 0 saturated heterocycles. The van der Waals surface area contributed by atoms with Crippen LogP contribution in [0.5, 0.6) is 0 Å². The lowest BCUT2D eigenvalue weighted by molar-refractivity contribution is -0.122. The second kappa shape index (κ2) is 13.0. The van der Waals surface area contributed by atoms with Gasteiger partial charge >= 0.3 is 0 Å². The van der Waals surface area contributed by atoms with Crippen molar-refractivity contribution >= 4 is 79.7 Å². The maximum absolute atomic E-state index is 12.2. The predicted molar refractivity (Wildman–Crippen MR) is 124 cm³/mol. The van der Waals surface area contributed by atoms with Crippen molar-refractivity contribution in [2.75, 3.05) is 5.32 Å². The van der Waals surface area contributed by atoms with Gasteiger partial charge in [0.2, 0.25) is 9.70 Å². The molecule has 0 aliphatic heterocycles. The Hall–Kier alpha value is -0.270. The summed E-state index contributed by atoms with van der Waals surface area (Å²) in [4.78, 5) is 12.2. The number of carbonyl (C=O) groups excluding carboxylic acids is 1. The van der Waals surface area contributed by atoms with E-state index in [1.807, 2.05) is 24.3 Å². The number of halogens is 4. The number of carbonyl (C=O) groups is 1. The van der Waals surface area contributed by atoms with Crippen LogP contribution in [0.4, 0.5) is 5.69 Å². The first-order valence-corrected chi connectivity index (χ1v) is 11.2. The number of thiocarbonyl (C=S) groups is 1. The van der Waals surface area contributed by atoms with Gasteiger partial charge in [-0.25, -0.2) is 0 Å². The number of benzene rings is 1. The van der Waals surface area contributed by atoms with Gasteiger partial charge in [-0.1, -0.05) is 89.8 Å². The van der Waals surface area contributed by atoms with Crippen molar-refractivity contribution in [3.8, 4) is 0 Å². The van der Waals surface area contributed by atoms with Crippen molar-refractivity contribution in [1.82, 2.24) is 10.6 Å². The highest BCUT2D eigenvalue weighted by Crippen LogP contribution is 2.29. The van der Waals surface area contributed by atoms with Gasteiger partial charge in [0.25, 0.3) is 0 Å². The third-order valence-electron chi connectivity index (χ3n) is 3.77. The quantitative estimate of drug-likeness (QED) is 0.148. The van der Waals surface area contributed by atoms with Crippen LogP contribution in [-0.4, -0.2) is 21.0 Å². The highest BCUT2D eigenvalue weighted by molar-refractivity contribution is 9.10. The van der Waals surface area contributed by atoms with E-state index >= 15 is 0 Å². The van der Waals surface area contributed by atoms with Gasteiger partial charge in [-0.15, -0.1) is 0 Å². The van der Waals surface area contributed by atoms with Crippen molar-refractivity contribution in [1.29, 1.82) is 0 Å². The minimum atomic E-state index is -1.75. The van der Waals surface area contributed by atoms with Crippen LogP contribution in [0.25, 0.3) is 0 Å². The van der Waals surface area contributed by atoms with Gasteiger partial charge < -0.3 is 16.0 Å². The van der Waals surface area contributed by atoms with E-state index in [9.17, 15) is 4.79 Å². The molecule has 0 unspecified atom stereocenters. The number of nitrogens with one attached hydrogen (secondary N) is 3. The zero-order chi connectivity index (χ0) is 20.3. The van der Waals surface area contributed by atoms with Crippen molar-refractivity contribution in [2.45, 2.75) is 61.8 Å². The molecular formula is C18H25BrCl3N3OS. The highest BCUT2D eigenvalue weighted by atomic mass is 79.9. The minimum Gasteiger partial charge on any atom is -0.339 e. The summed E-state index contributed by atoms with van der Waals surface area (Å²) in [5.74, 6) is -0.180. The van der Waals surface area contributed by atoms with Crippen LogP contribution in [0.1, 0.15) is 51.9 Å². The molecule has 0 aliphatic carbocycles. The number of unbranched alkanes of at least 4 members (excludes halogenated alkanes) is 5. The predicted octanol–water partition coefficient (Wildman–Crippen LogP) is 6.30. The maximum atomic E-state index is 12.2. The van der Waals surface area contributed by atoms with Crippen molar-refractivity contribution in [3.63, 3.8) is 0 Å². The van der Waals surface area contributed by atoms with Crippen molar-refractivity contribution < 1.29 is 4.79 Å². The van der Waals surface area contributed by atoms with Crippen LogP contribution in [-0.2, 0) is 4.79 Å². The molecule has 0 aliphatic rings. The van der Waals surface area contributed by atoms with E-state index in [0.717, 1.165) is 29.4 Å². The standard InChI is InChI=1S/C18H25BrCl3N3OS/c1-2-3-4-5-6-7-8-15(26)24-16(18(20,21)22)25-17(27)23-14-11-9-13(19)10-12-14/h9-12,16H,2-8H2,1H3,(H,24,26)(H2,23,25,27)/t16-/m0/s1. The Morgan fingerprint density at radius 3 is 2.26 bits per heavy atom. The molecule has 1 aromatic rings. The molecule has 0 fully saturated rings. The molecule has 3 N–H and O–H groups in total. The summed E-state index contributed by atoms with van der Waals surface area (Å²) >= 11 is 26.6. The zero-order valence-corrected chi connectivity index (χ0v) is 19.8. The Bertz CT molecular complexity index is 597. The van der Waals surface area contributed by atoms with Gasteiger partial charge in [0.15, 0.2) is 5.11 Å². The number of hydrogen-bond acceptors (Lipinski definition) is 2. The molecular weight excluding hydrogens is 493 g/mol. The molecule has 0 saturated carbocycles. The smallest absolute Gasteiger partial charge is 0.228 e. The monoisotopic (exact) mass is 515 g/mol. The van der Waals surface area contributed by atoms with Crippen LogP contribution in [0.15, 0.2) is 28.7 Å². The van der Waals surface area contributed by atoms with E-state index in [1.165, 1.54) is 19.3 Å². The summed E-state index contributed by atoms with van der Waals surface area (Å²) in [6.07, 6.45) is 6.04. The first-order chi connectivity index (χ1) is 12.7. The summed E-state index contributed by atoms with van der Waals surface area (Å²) < 4.78 is -0.796. The fourth-order valence-electron chi connectivity index (χ4n) is 2.33. The van der Waals surface area contributed by atoms with Gasteiger partial charge in [-0.05, 0) is 42.9 Å². The summed E-state index contributed by atoms with van der Waals surface area (Å²) in [6.45, 7) is 2.17. The first kappa shape index (κ1) is 24.8. The average Bonchev–Trinajstić information content (AvgIpc) is 2.58. The Morgan fingerprint density at radius 2 is 1.67 bits per heavy atom. The molecule has 0 aromatic heterocycles. The number of amides is 1. The van der Waals surface area contributed by atoms with Gasteiger partial charge in [0.1, 0.15) is 6.17 Å². The normalized spacial score (nSPS) is 12.3. The van der Waals surface area contributed by atoms with E-state index in [0.29, 0.717) is 6.42 Å². The summed E-state index contributed by atoms with van der Waals surface area (Å²) in [5, 5.41) is 8.79. The van der Waals surface area contributed by atoms with Crippen LogP contribution in [0.2, 0.25) is 0 Å². The minimum absolute atomic E-state index is 0.180. The molecule has 0 spiro atoms. The van der Waals surface area contributed by atoms with Crippen LogP contribution >= 0.6 is 63.0 Å². The van der Waals surface area contributed by atoms with E-state index in [-0.39, 0.29) is 11.0 Å². The molecule has 9 heteroatoms. The second-order valence-electron chi connectivity index (χ2n) is 6.17. The summed E-state index contributed by atoms with van der Waals surface area (Å²) in [5.41, 5.74) is 0.775. The Labute approximate surface area is 190 Å². The Balaban J connectivity index is 2.46. The maximum Gasteiger partial charge on any atom is 0.228 e. The number of alkyl halides is 3. The third-order valence-corrected chi connectivity index (χ3v) is 5.17. The number of rotatable bonds is 10. The topological polar surface area (TPSA) is 53.2 Å². The number of hydrogen-bond donors (Lipinski definition) is 3. The molecule has 1 rings (SSSR count). The van der Waals surface area contributed by atoms with Gasteiger partial charge in [0.05, 0.1) is 0 Å². The highest BCUT2D eigenvalue weighted by Gasteiger charge is 2.34.